The average molecular weight is 514 g/mol. The third-order valence-corrected chi connectivity index (χ3v) is 5.35. The summed E-state index contributed by atoms with van der Waals surface area (Å²) in [5, 5.41) is 30.6. The van der Waals surface area contributed by atoms with Crippen molar-refractivity contribution in [3.05, 3.63) is 113 Å². The van der Waals surface area contributed by atoms with Crippen LogP contribution < -0.4 is 15.5 Å². The highest BCUT2D eigenvalue weighted by atomic mass is 16.6. The number of benzene rings is 4. The molecular formula is C28H22N2O8. The summed E-state index contributed by atoms with van der Waals surface area (Å²) in [5.74, 6) is -2.19. The van der Waals surface area contributed by atoms with Gasteiger partial charge in [-0.15, -0.1) is 0 Å². The number of carbonyl (C=O) groups excluding carboxylic acids is 1. The highest BCUT2D eigenvalue weighted by Crippen LogP contribution is 2.25. The van der Waals surface area contributed by atoms with Crippen LogP contribution in [0.4, 0.5) is 11.4 Å². The van der Waals surface area contributed by atoms with E-state index in [2.05, 4.69) is 10.8 Å². The predicted molar refractivity (Wildman–Crippen MR) is 138 cm³/mol. The molecule has 0 saturated carbocycles. The highest BCUT2D eigenvalue weighted by Gasteiger charge is 2.17. The van der Waals surface area contributed by atoms with E-state index in [1.807, 2.05) is 0 Å². The zero-order chi connectivity index (χ0) is 27.1. The standard InChI is InChI=1S/C28H22N2O8/c31-20-9-14-24(25(15-20)28(35)36)26(32)29-18-5-10-21(11-6-18)38-22-12-7-19(8-13-22)30-37-16-17-3-1-2-4-23(17)27(33)34/h1-15,30-31H,16H2,(H,29,32)(H,33,34)(H,35,36). The number of carbonyl (C=O) groups is 3. The number of anilines is 2. The fraction of sp³-hybridized carbons (Fsp3) is 0.0357. The molecule has 0 atom stereocenters. The van der Waals surface area contributed by atoms with Crippen molar-refractivity contribution < 1.29 is 39.3 Å². The Bertz CT molecular complexity index is 1470. The predicted octanol–water partition coefficient (Wildman–Crippen LogP) is 5.38. The first-order chi connectivity index (χ1) is 18.3. The van der Waals surface area contributed by atoms with Gasteiger partial charge in [0.25, 0.3) is 5.91 Å². The van der Waals surface area contributed by atoms with Gasteiger partial charge >= 0.3 is 11.9 Å². The maximum atomic E-state index is 12.5. The molecule has 1 amide bonds. The molecule has 0 aliphatic rings. The van der Waals surface area contributed by atoms with Crippen molar-refractivity contribution in [1.82, 2.24) is 0 Å². The second-order valence-corrected chi connectivity index (χ2v) is 7.99. The van der Waals surface area contributed by atoms with Crippen molar-refractivity contribution in [3.8, 4) is 17.2 Å². The maximum absolute atomic E-state index is 12.5. The van der Waals surface area contributed by atoms with Crippen LogP contribution in [-0.4, -0.2) is 33.2 Å². The zero-order valence-electron chi connectivity index (χ0n) is 19.8. The Balaban J connectivity index is 1.31. The highest BCUT2D eigenvalue weighted by molar-refractivity contribution is 6.10. The van der Waals surface area contributed by atoms with Gasteiger partial charge in [0.05, 0.1) is 22.4 Å². The number of aromatic hydroxyl groups is 1. The van der Waals surface area contributed by atoms with Gasteiger partial charge in [0.15, 0.2) is 0 Å². The van der Waals surface area contributed by atoms with Crippen LogP contribution in [0.15, 0.2) is 91.0 Å². The SMILES string of the molecule is O=C(O)c1ccccc1CONc1ccc(Oc2ccc(NC(=O)c3ccc(O)cc3C(=O)O)cc2)cc1. The van der Waals surface area contributed by atoms with Crippen LogP contribution in [-0.2, 0) is 11.4 Å². The number of hydrogen-bond acceptors (Lipinski definition) is 7. The van der Waals surface area contributed by atoms with Crippen molar-refractivity contribution in [2.24, 2.45) is 0 Å². The molecule has 0 aliphatic heterocycles. The minimum Gasteiger partial charge on any atom is -0.508 e. The number of ether oxygens (including phenoxy) is 1. The summed E-state index contributed by atoms with van der Waals surface area (Å²) in [6.07, 6.45) is 0. The molecule has 0 bridgehead atoms. The van der Waals surface area contributed by atoms with Crippen LogP contribution >= 0.6 is 0 Å². The molecule has 10 nitrogen and oxygen atoms in total. The van der Waals surface area contributed by atoms with E-state index in [1.54, 1.807) is 66.7 Å². The largest absolute Gasteiger partial charge is 0.508 e. The topological polar surface area (TPSA) is 154 Å². The van der Waals surface area contributed by atoms with E-state index >= 15 is 0 Å². The molecule has 4 aromatic rings. The molecule has 0 aromatic heterocycles. The van der Waals surface area contributed by atoms with Crippen molar-refractivity contribution in [1.29, 1.82) is 0 Å². The van der Waals surface area contributed by atoms with E-state index in [1.165, 1.54) is 18.2 Å². The summed E-state index contributed by atoms with van der Waals surface area (Å²) in [4.78, 5) is 40.6. The monoisotopic (exact) mass is 514 g/mol. The first-order valence-corrected chi connectivity index (χ1v) is 11.2. The summed E-state index contributed by atoms with van der Waals surface area (Å²) in [6.45, 7) is 0.0635. The number of rotatable bonds is 10. The van der Waals surface area contributed by atoms with E-state index in [0.29, 0.717) is 28.4 Å². The molecular weight excluding hydrogens is 492 g/mol. The zero-order valence-corrected chi connectivity index (χ0v) is 19.8. The molecule has 0 aliphatic carbocycles. The maximum Gasteiger partial charge on any atom is 0.336 e. The molecule has 0 heterocycles. The van der Waals surface area contributed by atoms with Gasteiger partial charge in [-0.2, -0.15) is 0 Å². The second-order valence-electron chi connectivity index (χ2n) is 7.99. The van der Waals surface area contributed by atoms with Gasteiger partial charge in [0.1, 0.15) is 23.9 Å². The third-order valence-electron chi connectivity index (χ3n) is 5.35. The fourth-order valence-electron chi connectivity index (χ4n) is 3.49. The van der Waals surface area contributed by atoms with Crippen LogP contribution in [0.25, 0.3) is 0 Å². The van der Waals surface area contributed by atoms with Crippen molar-refractivity contribution in [2.75, 3.05) is 10.8 Å². The Labute approximate surface area is 216 Å². The molecule has 0 unspecified atom stereocenters. The Kier molecular flexibility index (Phi) is 7.85. The Morgan fingerprint density at radius 1 is 0.684 bits per heavy atom. The molecule has 4 aromatic carbocycles. The van der Waals surface area contributed by atoms with E-state index < -0.39 is 17.8 Å². The fourth-order valence-corrected chi connectivity index (χ4v) is 3.49. The van der Waals surface area contributed by atoms with Crippen LogP contribution in [0, 0.1) is 0 Å². The number of carboxylic acids is 2. The first-order valence-electron chi connectivity index (χ1n) is 11.2. The third kappa shape index (κ3) is 6.45. The van der Waals surface area contributed by atoms with Crippen LogP contribution in [0.3, 0.4) is 0 Å². The molecule has 192 valence electrons. The van der Waals surface area contributed by atoms with Gasteiger partial charge < -0.3 is 25.4 Å². The van der Waals surface area contributed by atoms with Crippen LogP contribution in [0.2, 0.25) is 0 Å². The number of phenols is 1. The Morgan fingerprint density at radius 2 is 1.29 bits per heavy atom. The number of nitrogens with one attached hydrogen (secondary N) is 2. The minimum absolute atomic E-state index is 0.0635. The summed E-state index contributed by atoms with van der Waals surface area (Å²) < 4.78 is 5.81. The van der Waals surface area contributed by atoms with Crippen molar-refractivity contribution >= 4 is 29.2 Å². The van der Waals surface area contributed by atoms with E-state index in [0.717, 1.165) is 6.07 Å². The van der Waals surface area contributed by atoms with Crippen molar-refractivity contribution in [2.45, 2.75) is 6.61 Å². The molecule has 38 heavy (non-hydrogen) atoms. The number of phenolic OH excluding ortho intramolecular Hbond substituents is 1. The van der Waals surface area contributed by atoms with Gasteiger partial charge in [-0.05, 0) is 78.4 Å². The van der Waals surface area contributed by atoms with E-state index in [4.69, 9.17) is 9.57 Å². The summed E-state index contributed by atoms with van der Waals surface area (Å²) >= 11 is 0. The molecule has 0 saturated heterocycles. The number of carboxylic acid groups (broad SMARTS) is 2. The average Bonchev–Trinajstić information content (AvgIpc) is 2.91. The minimum atomic E-state index is -1.33. The lowest BCUT2D eigenvalue weighted by atomic mass is 10.1. The molecule has 4 rings (SSSR count). The molecule has 5 N–H and O–H groups in total. The normalized spacial score (nSPS) is 10.4. The van der Waals surface area contributed by atoms with Gasteiger partial charge in [0.2, 0.25) is 0 Å². The lowest BCUT2D eigenvalue weighted by Crippen LogP contribution is -2.16. The van der Waals surface area contributed by atoms with E-state index in [9.17, 15) is 29.7 Å². The molecule has 0 fully saturated rings. The van der Waals surface area contributed by atoms with Crippen LogP contribution in [0.1, 0.15) is 36.6 Å². The number of hydrogen-bond donors (Lipinski definition) is 5. The second kappa shape index (κ2) is 11.6. The van der Waals surface area contributed by atoms with Gasteiger partial charge in [-0.3, -0.25) is 15.1 Å². The van der Waals surface area contributed by atoms with Gasteiger partial charge in [-0.25, -0.2) is 9.59 Å². The quantitative estimate of drug-likeness (QED) is 0.176. The van der Waals surface area contributed by atoms with Crippen molar-refractivity contribution in [3.63, 3.8) is 0 Å². The van der Waals surface area contributed by atoms with Crippen LogP contribution in [0.5, 0.6) is 17.2 Å². The summed E-state index contributed by atoms with van der Waals surface area (Å²) in [7, 11) is 0. The first kappa shape index (κ1) is 25.7. The van der Waals surface area contributed by atoms with Gasteiger partial charge in [0, 0.05) is 5.69 Å². The van der Waals surface area contributed by atoms with Gasteiger partial charge in [-0.1, -0.05) is 18.2 Å². The Hall–Kier alpha value is -5.35. The molecule has 0 radical (unpaired) electrons. The lowest BCUT2D eigenvalue weighted by Gasteiger charge is -2.11. The molecule has 0 spiro atoms. The number of amides is 1. The summed E-state index contributed by atoms with van der Waals surface area (Å²) in [6, 6.07) is 23.4. The number of aromatic carboxylic acids is 2. The lowest BCUT2D eigenvalue weighted by molar-refractivity contribution is 0.0682. The molecule has 10 heteroatoms. The summed E-state index contributed by atoms with van der Waals surface area (Å²) in [5.41, 5.74) is 4.15. The van der Waals surface area contributed by atoms with E-state index in [-0.39, 0.29) is 29.0 Å². The smallest absolute Gasteiger partial charge is 0.336 e. The Morgan fingerprint density at radius 3 is 1.92 bits per heavy atom.